The van der Waals surface area contributed by atoms with E-state index < -0.39 is 17.7 Å². The van der Waals surface area contributed by atoms with Crippen molar-refractivity contribution in [1.82, 2.24) is 4.90 Å². The molecule has 0 bridgehead atoms. The number of carbonyl (C=O) groups is 2. The number of rotatable bonds is 7. The minimum absolute atomic E-state index is 0.0763. The lowest BCUT2D eigenvalue weighted by molar-refractivity contribution is -0.140. The zero-order valence-corrected chi connectivity index (χ0v) is 18.7. The van der Waals surface area contributed by atoms with Crippen LogP contribution >= 0.6 is 15.9 Å². The van der Waals surface area contributed by atoms with E-state index in [0.29, 0.717) is 36.4 Å². The molecule has 0 aliphatic carbocycles. The second-order valence-electron chi connectivity index (χ2n) is 7.08. The maximum atomic E-state index is 13.0. The highest BCUT2D eigenvalue weighted by Crippen LogP contribution is 2.40. The molecule has 1 aliphatic rings. The summed E-state index contributed by atoms with van der Waals surface area (Å²) in [6.45, 7) is 2.68. The molecule has 2 aromatic rings. The predicted octanol–water partition coefficient (Wildman–Crippen LogP) is 4.22. The van der Waals surface area contributed by atoms with Crippen LogP contribution in [0.4, 0.5) is 0 Å². The second-order valence-corrected chi connectivity index (χ2v) is 7.93. The molecule has 1 N–H and O–H groups in total. The van der Waals surface area contributed by atoms with E-state index in [1.54, 1.807) is 50.6 Å². The van der Waals surface area contributed by atoms with E-state index in [9.17, 15) is 14.7 Å². The van der Waals surface area contributed by atoms with E-state index in [4.69, 9.17) is 9.47 Å². The van der Waals surface area contributed by atoms with Crippen LogP contribution in [0.15, 0.2) is 52.5 Å². The van der Waals surface area contributed by atoms with Crippen molar-refractivity contribution in [3.63, 3.8) is 0 Å². The van der Waals surface area contributed by atoms with Crippen molar-refractivity contribution in [3.05, 3.63) is 69.2 Å². The van der Waals surface area contributed by atoms with Crippen LogP contribution in [0.3, 0.4) is 0 Å². The van der Waals surface area contributed by atoms with Gasteiger partial charge in [0, 0.05) is 30.3 Å². The number of nitrogens with zero attached hydrogens (tertiary/aromatic N) is 1. The molecule has 0 saturated carbocycles. The summed E-state index contributed by atoms with van der Waals surface area (Å²) in [4.78, 5) is 27.3. The first-order valence-corrected chi connectivity index (χ1v) is 10.4. The third-order valence-corrected chi connectivity index (χ3v) is 6.02. The van der Waals surface area contributed by atoms with Crippen LogP contribution in [0.2, 0.25) is 0 Å². The summed E-state index contributed by atoms with van der Waals surface area (Å²) in [5, 5.41) is 11.1. The molecule has 158 valence electrons. The normalized spacial score (nSPS) is 18.1. The number of ether oxygens (including phenoxy) is 2. The zero-order valence-electron chi connectivity index (χ0n) is 17.1. The van der Waals surface area contributed by atoms with Crippen molar-refractivity contribution in [2.45, 2.75) is 19.4 Å². The molecular weight excluding hydrogens is 450 g/mol. The van der Waals surface area contributed by atoms with Crippen molar-refractivity contribution in [2.75, 3.05) is 27.4 Å². The number of aryl methyl sites for hydroxylation is 1. The highest BCUT2D eigenvalue weighted by atomic mass is 79.9. The summed E-state index contributed by atoms with van der Waals surface area (Å²) in [7, 11) is 3.14. The minimum atomic E-state index is -0.707. The number of halogens is 1. The number of Topliss-reactive ketones (excluding diaryl/α,β-unsaturated/α-hetero) is 1. The number of aliphatic hydroxyl groups excluding tert-OH is 1. The summed E-state index contributed by atoms with van der Waals surface area (Å²) in [5.41, 5.74) is 2.17. The smallest absolute Gasteiger partial charge is 0.295 e. The van der Waals surface area contributed by atoms with E-state index in [1.807, 2.05) is 13.0 Å². The van der Waals surface area contributed by atoms with Crippen molar-refractivity contribution in [1.29, 1.82) is 0 Å². The number of hydrogen-bond acceptors (Lipinski definition) is 5. The molecule has 1 unspecified atom stereocenters. The highest BCUT2D eigenvalue weighted by molar-refractivity contribution is 9.10. The number of methoxy groups -OCH3 is 2. The molecular formula is C23H24BrNO5. The van der Waals surface area contributed by atoms with E-state index >= 15 is 0 Å². The Kier molecular flexibility index (Phi) is 6.95. The average molecular weight is 474 g/mol. The first-order chi connectivity index (χ1) is 14.4. The van der Waals surface area contributed by atoms with Crippen molar-refractivity contribution < 1.29 is 24.2 Å². The Hall–Kier alpha value is -2.64. The minimum Gasteiger partial charge on any atom is -0.507 e. The van der Waals surface area contributed by atoms with Crippen LogP contribution < -0.4 is 4.74 Å². The van der Waals surface area contributed by atoms with Crippen molar-refractivity contribution >= 4 is 33.4 Å². The standard InChI is InChI=1S/C23H24BrNO5/c1-14-12-16(8-9-18(14)24)21(26)19-20(15-6-4-7-17(13-15)30-3)25(10-5-11-29-2)23(28)22(19)27/h4,6-9,12-13,20,26H,5,10-11H2,1-3H3/b21-19-. The van der Waals surface area contributed by atoms with Crippen LogP contribution in [-0.2, 0) is 14.3 Å². The van der Waals surface area contributed by atoms with Gasteiger partial charge in [0.05, 0.1) is 18.7 Å². The van der Waals surface area contributed by atoms with Crippen LogP contribution in [0.25, 0.3) is 5.76 Å². The molecule has 7 heteroatoms. The first kappa shape index (κ1) is 22.1. The van der Waals surface area contributed by atoms with Gasteiger partial charge in [0.15, 0.2) is 0 Å². The Morgan fingerprint density at radius 1 is 1.17 bits per heavy atom. The fourth-order valence-corrected chi connectivity index (χ4v) is 3.84. The molecule has 1 heterocycles. The predicted molar refractivity (Wildman–Crippen MR) is 117 cm³/mol. The second kappa shape index (κ2) is 9.45. The molecule has 1 amide bonds. The Balaban J connectivity index is 2.15. The topological polar surface area (TPSA) is 76.1 Å². The van der Waals surface area contributed by atoms with Gasteiger partial charge < -0.3 is 19.5 Å². The Morgan fingerprint density at radius 2 is 1.93 bits per heavy atom. The van der Waals surface area contributed by atoms with Crippen LogP contribution in [0, 0.1) is 6.92 Å². The zero-order chi connectivity index (χ0) is 21.8. The monoisotopic (exact) mass is 473 g/mol. The molecule has 6 nitrogen and oxygen atoms in total. The van der Waals surface area contributed by atoms with Gasteiger partial charge in [-0.3, -0.25) is 9.59 Å². The maximum Gasteiger partial charge on any atom is 0.295 e. The molecule has 2 aromatic carbocycles. The SMILES string of the molecule is COCCCN1C(=O)C(=O)/C(=C(\O)c2ccc(Br)c(C)c2)C1c1cccc(OC)c1. The van der Waals surface area contributed by atoms with Crippen molar-refractivity contribution in [3.8, 4) is 5.75 Å². The molecule has 0 aromatic heterocycles. The maximum absolute atomic E-state index is 13.0. The Bertz CT molecular complexity index is 1000. The fraction of sp³-hybridized carbons (Fsp3) is 0.304. The Morgan fingerprint density at radius 3 is 2.60 bits per heavy atom. The van der Waals surface area contributed by atoms with Gasteiger partial charge in [-0.2, -0.15) is 0 Å². The average Bonchev–Trinajstić information content (AvgIpc) is 3.00. The van der Waals surface area contributed by atoms with Gasteiger partial charge in [0.25, 0.3) is 11.7 Å². The number of likely N-dealkylation sites (tertiary alicyclic amines) is 1. The van der Waals surface area contributed by atoms with Gasteiger partial charge >= 0.3 is 0 Å². The quantitative estimate of drug-likeness (QED) is 0.282. The summed E-state index contributed by atoms with van der Waals surface area (Å²) in [5.74, 6) is -0.909. The Labute approximate surface area is 184 Å². The number of carbonyl (C=O) groups excluding carboxylic acids is 2. The lowest BCUT2D eigenvalue weighted by Gasteiger charge is -2.25. The first-order valence-electron chi connectivity index (χ1n) is 9.56. The molecule has 30 heavy (non-hydrogen) atoms. The molecule has 3 rings (SSSR count). The lowest BCUT2D eigenvalue weighted by Crippen LogP contribution is -2.31. The summed E-state index contributed by atoms with van der Waals surface area (Å²) < 4.78 is 11.3. The van der Waals surface area contributed by atoms with E-state index in [0.717, 1.165) is 10.0 Å². The third kappa shape index (κ3) is 4.27. The lowest BCUT2D eigenvalue weighted by atomic mass is 9.94. The summed E-state index contributed by atoms with van der Waals surface area (Å²) in [6, 6.07) is 11.8. The fourth-order valence-electron chi connectivity index (χ4n) is 3.60. The number of aliphatic hydroxyl groups is 1. The van der Waals surface area contributed by atoms with Gasteiger partial charge in [-0.15, -0.1) is 0 Å². The van der Waals surface area contributed by atoms with Crippen LogP contribution in [0.1, 0.15) is 29.2 Å². The molecule has 1 atom stereocenters. The van der Waals surface area contributed by atoms with Gasteiger partial charge in [-0.05, 0) is 48.7 Å². The van der Waals surface area contributed by atoms with Gasteiger partial charge in [-0.1, -0.05) is 34.1 Å². The van der Waals surface area contributed by atoms with E-state index in [2.05, 4.69) is 15.9 Å². The van der Waals surface area contributed by atoms with Gasteiger partial charge in [-0.25, -0.2) is 0 Å². The van der Waals surface area contributed by atoms with Gasteiger partial charge in [0.2, 0.25) is 0 Å². The summed E-state index contributed by atoms with van der Waals surface area (Å²) >= 11 is 3.44. The number of benzene rings is 2. The highest BCUT2D eigenvalue weighted by Gasteiger charge is 2.45. The van der Waals surface area contributed by atoms with E-state index in [1.165, 1.54) is 4.90 Å². The number of hydrogen-bond donors (Lipinski definition) is 1. The molecule has 0 radical (unpaired) electrons. The third-order valence-electron chi connectivity index (χ3n) is 5.13. The summed E-state index contributed by atoms with van der Waals surface area (Å²) in [6.07, 6.45) is 0.571. The number of amides is 1. The molecule has 1 saturated heterocycles. The van der Waals surface area contributed by atoms with Gasteiger partial charge in [0.1, 0.15) is 11.5 Å². The van der Waals surface area contributed by atoms with Crippen LogP contribution in [-0.4, -0.2) is 49.1 Å². The van der Waals surface area contributed by atoms with Crippen LogP contribution in [0.5, 0.6) is 5.75 Å². The largest absolute Gasteiger partial charge is 0.507 e. The number of ketones is 1. The molecule has 1 fully saturated rings. The van der Waals surface area contributed by atoms with E-state index in [-0.39, 0.29) is 11.3 Å². The van der Waals surface area contributed by atoms with Crippen molar-refractivity contribution in [2.24, 2.45) is 0 Å². The molecule has 1 aliphatic heterocycles. The molecule has 0 spiro atoms.